The zero-order chi connectivity index (χ0) is 30.4. The smallest absolute Gasteiger partial charge is 0.264 e. The van der Waals surface area contributed by atoms with Crippen LogP contribution in [0.5, 0.6) is 0 Å². The molecule has 3 aromatic carbocycles. The molecule has 1 aliphatic carbocycles. The number of nitrogens with one attached hydrogen (secondary N) is 1. The molecule has 2 amide bonds. The molecular weight excluding hydrogens is 617 g/mol. The molecule has 1 aliphatic rings. The summed E-state index contributed by atoms with van der Waals surface area (Å²) in [5.41, 5.74) is 1.34. The maximum Gasteiger partial charge on any atom is 0.264 e. The van der Waals surface area contributed by atoms with Crippen LogP contribution in [0, 0.1) is 6.92 Å². The Hall–Kier alpha value is -2.78. The van der Waals surface area contributed by atoms with Gasteiger partial charge in [-0.15, -0.1) is 0 Å². The summed E-state index contributed by atoms with van der Waals surface area (Å²) in [6.45, 7) is 2.90. The number of halogens is 3. The fourth-order valence-electron chi connectivity index (χ4n) is 5.23. The Balaban J connectivity index is 1.77. The second-order valence-corrected chi connectivity index (χ2v) is 13.5. The third-order valence-corrected chi connectivity index (χ3v) is 10.2. The van der Waals surface area contributed by atoms with Gasteiger partial charge in [-0.3, -0.25) is 13.9 Å². The lowest BCUT2D eigenvalue weighted by atomic mass is 10.1. The molecule has 1 N–H and O–H groups in total. The molecule has 0 spiro atoms. The van der Waals surface area contributed by atoms with Crippen molar-refractivity contribution >= 4 is 62.3 Å². The van der Waals surface area contributed by atoms with E-state index in [9.17, 15) is 18.0 Å². The van der Waals surface area contributed by atoms with Crippen LogP contribution in [0.1, 0.15) is 50.2 Å². The predicted octanol–water partition coefficient (Wildman–Crippen LogP) is 7.02. The lowest BCUT2D eigenvalue weighted by Gasteiger charge is -2.34. The lowest BCUT2D eigenvalue weighted by Crippen LogP contribution is -2.53. The van der Waals surface area contributed by atoms with Gasteiger partial charge in [0.1, 0.15) is 12.6 Å². The number of hydrogen-bond donors (Lipinski definition) is 1. The Morgan fingerprint density at radius 3 is 2.21 bits per heavy atom. The molecule has 3 aromatic rings. The maximum absolute atomic E-state index is 14.3. The van der Waals surface area contributed by atoms with Gasteiger partial charge < -0.3 is 10.2 Å². The quantitative estimate of drug-likeness (QED) is 0.242. The molecule has 0 bridgehead atoms. The van der Waals surface area contributed by atoms with Crippen LogP contribution in [0.25, 0.3) is 0 Å². The van der Waals surface area contributed by atoms with Crippen LogP contribution in [-0.2, 0) is 26.2 Å². The van der Waals surface area contributed by atoms with Gasteiger partial charge >= 0.3 is 0 Å². The summed E-state index contributed by atoms with van der Waals surface area (Å²) in [5.74, 6) is -0.879. The average molecular weight is 651 g/mol. The molecule has 0 saturated heterocycles. The molecule has 224 valence electrons. The fourth-order valence-corrected chi connectivity index (χ4v) is 7.40. The largest absolute Gasteiger partial charge is 0.352 e. The number of rotatable bonds is 11. The minimum atomic E-state index is -4.21. The van der Waals surface area contributed by atoms with E-state index in [2.05, 4.69) is 5.32 Å². The first kappa shape index (κ1) is 32.1. The first-order valence-corrected chi connectivity index (χ1v) is 16.5. The Bertz CT molecular complexity index is 1510. The maximum atomic E-state index is 14.3. The highest BCUT2D eigenvalue weighted by molar-refractivity contribution is 7.92. The number of aryl methyl sites for hydroxylation is 1. The predicted molar refractivity (Wildman–Crippen MR) is 169 cm³/mol. The summed E-state index contributed by atoms with van der Waals surface area (Å²) in [5, 5.41) is 4.09. The van der Waals surface area contributed by atoms with Crippen molar-refractivity contribution in [3.63, 3.8) is 0 Å². The Morgan fingerprint density at radius 2 is 1.60 bits per heavy atom. The van der Waals surface area contributed by atoms with Gasteiger partial charge in [-0.05, 0) is 68.1 Å². The summed E-state index contributed by atoms with van der Waals surface area (Å²) < 4.78 is 29.1. The van der Waals surface area contributed by atoms with Crippen molar-refractivity contribution in [2.75, 3.05) is 10.8 Å². The van der Waals surface area contributed by atoms with Crippen LogP contribution in [-0.4, -0.2) is 43.8 Å². The molecule has 0 aliphatic heterocycles. The van der Waals surface area contributed by atoms with Crippen molar-refractivity contribution in [2.45, 2.75) is 69.5 Å². The zero-order valence-electron chi connectivity index (χ0n) is 23.5. The van der Waals surface area contributed by atoms with Gasteiger partial charge in [-0.25, -0.2) is 8.42 Å². The van der Waals surface area contributed by atoms with E-state index in [-0.39, 0.29) is 29.1 Å². The summed E-state index contributed by atoms with van der Waals surface area (Å²) >= 11 is 19.3. The highest BCUT2D eigenvalue weighted by atomic mass is 35.5. The third kappa shape index (κ3) is 7.40. The number of amides is 2. The molecule has 1 saturated carbocycles. The van der Waals surface area contributed by atoms with E-state index >= 15 is 0 Å². The Labute approximate surface area is 262 Å². The van der Waals surface area contributed by atoms with Crippen LogP contribution < -0.4 is 9.62 Å². The Kier molecular flexibility index (Phi) is 10.8. The third-order valence-electron chi connectivity index (χ3n) is 7.53. The van der Waals surface area contributed by atoms with Gasteiger partial charge in [0.2, 0.25) is 11.8 Å². The van der Waals surface area contributed by atoms with E-state index in [4.69, 9.17) is 34.8 Å². The molecular formula is C31H34Cl3N3O4S. The van der Waals surface area contributed by atoms with Crippen molar-refractivity contribution < 1.29 is 18.0 Å². The number of carbonyl (C=O) groups excluding carboxylic acids is 2. The highest BCUT2D eigenvalue weighted by Crippen LogP contribution is 2.31. The van der Waals surface area contributed by atoms with Crippen LogP contribution in [0.3, 0.4) is 0 Å². The second kappa shape index (κ2) is 14.1. The molecule has 11 heteroatoms. The minimum Gasteiger partial charge on any atom is -0.352 e. The minimum absolute atomic E-state index is 0.0175. The molecule has 0 unspecified atom stereocenters. The topological polar surface area (TPSA) is 86.8 Å². The van der Waals surface area contributed by atoms with Crippen molar-refractivity contribution in [3.8, 4) is 0 Å². The van der Waals surface area contributed by atoms with Gasteiger partial charge in [0, 0.05) is 33.2 Å². The van der Waals surface area contributed by atoms with E-state index in [0.29, 0.717) is 32.6 Å². The van der Waals surface area contributed by atoms with E-state index in [1.807, 2.05) is 6.92 Å². The van der Waals surface area contributed by atoms with E-state index < -0.39 is 28.5 Å². The highest BCUT2D eigenvalue weighted by Gasteiger charge is 2.35. The average Bonchev–Trinajstić information content (AvgIpc) is 3.48. The standard InChI is InChI=1S/C31H34Cl3N3O4S/c1-3-28(31(39)35-23-10-7-8-11-23)36(19-25-26(33)14-9-15-27(25)34)30(38)20-37(29-18-22(32)17-16-21(29)2)42(40,41)24-12-5-4-6-13-24/h4-6,9,12-18,23,28H,3,7-8,10-11,19-20H2,1-2H3,(H,35,39)/t28-/m1/s1. The van der Waals surface area contributed by atoms with Crippen LogP contribution in [0.2, 0.25) is 15.1 Å². The monoisotopic (exact) mass is 649 g/mol. The number of benzene rings is 3. The Morgan fingerprint density at radius 1 is 0.952 bits per heavy atom. The SMILES string of the molecule is CC[C@H](C(=O)NC1CCCC1)N(Cc1c(Cl)cccc1Cl)C(=O)CN(c1cc(Cl)ccc1C)S(=O)(=O)c1ccccc1. The molecule has 42 heavy (non-hydrogen) atoms. The van der Waals surface area contributed by atoms with Gasteiger partial charge in [0.25, 0.3) is 10.0 Å². The van der Waals surface area contributed by atoms with Crippen molar-refractivity contribution in [3.05, 3.63) is 92.9 Å². The number of carbonyl (C=O) groups is 2. The molecule has 0 heterocycles. The molecule has 0 radical (unpaired) electrons. The summed E-state index contributed by atoms with van der Waals surface area (Å²) in [4.78, 5) is 29.3. The van der Waals surface area contributed by atoms with Gasteiger partial charge in [-0.2, -0.15) is 0 Å². The van der Waals surface area contributed by atoms with E-state index in [1.54, 1.807) is 55.5 Å². The van der Waals surface area contributed by atoms with Gasteiger partial charge in [0.05, 0.1) is 10.6 Å². The second-order valence-electron chi connectivity index (χ2n) is 10.4. The number of nitrogens with zero attached hydrogens (tertiary/aromatic N) is 2. The fraction of sp³-hybridized carbons (Fsp3) is 0.355. The van der Waals surface area contributed by atoms with Crippen LogP contribution in [0.4, 0.5) is 5.69 Å². The zero-order valence-corrected chi connectivity index (χ0v) is 26.6. The number of sulfonamides is 1. The molecule has 1 fully saturated rings. The first-order valence-electron chi connectivity index (χ1n) is 13.9. The lowest BCUT2D eigenvalue weighted by molar-refractivity contribution is -0.140. The number of anilines is 1. The van der Waals surface area contributed by atoms with Crippen LogP contribution in [0.15, 0.2) is 71.6 Å². The normalized spacial score (nSPS) is 14.4. The van der Waals surface area contributed by atoms with Gasteiger partial charge in [0.15, 0.2) is 0 Å². The molecule has 4 rings (SSSR count). The molecule has 7 nitrogen and oxygen atoms in total. The summed E-state index contributed by atoms with van der Waals surface area (Å²) in [6.07, 6.45) is 4.12. The van der Waals surface area contributed by atoms with Crippen molar-refractivity contribution in [2.24, 2.45) is 0 Å². The van der Waals surface area contributed by atoms with Gasteiger partial charge in [-0.1, -0.05) is 84.9 Å². The molecule has 1 atom stereocenters. The van der Waals surface area contributed by atoms with Crippen molar-refractivity contribution in [1.29, 1.82) is 0 Å². The van der Waals surface area contributed by atoms with E-state index in [0.717, 1.165) is 30.0 Å². The first-order chi connectivity index (χ1) is 20.0. The molecule has 0 aromatic heterocycles. The van der Waals surface area contributed by atoms with Crippen LogP contribution >= 0.6 is 34.8 Å². The number of hydrogen-bond acceptors (Lipinski definition) is 4. The summed E-state index contributed by atoms with van der Waals surface area (Å²) in [6, 6.07) is 16.9. The van der Waals surface area contributed by atoms with E-state index in [1.165, 1.54) is 23.1 Å². The van der Waals surface area contributed by atoms with Crippen molar-refractivity contribution in [1.82, 2.24) is 10.2 Å². The summed E-state index contributed by atoms with van der Waals surface area (Å²) in [7, 11) is -4.21.